The molecule has 13 heavy (non-hydrogen) atoms. The largest absolute Gasteiger partial charge is 0.152 e. The highest BCUT2D eigenvalue weighted by Crippen LogP contribution is 2.33. The van der Waals surface area contributed by atoms with E-state index >= 15 is 0 Å². The van der Waals surface area contributed by atoms with Gasteiger partial charge in [0, 0.05) is 4.83 Å². The summed E-state index contributed by atoms with van der Waals surface area (Å²) in [5.74, 6) is 1.02. The topological polar surface area (TPSA) is 0 Å². The zero-order chi connectivity index (χ0) is 9.10. The van der Waals surface area contributed by atoms with Crippen LogP contribution in [-0.2, 0) is 6.42 Å². The summed E-state index contributed by atoms with van der Waals surface area (Å²) >= 11 is 5.58. The lowest BCUT2D eigenvalue weighted by atomic mass is 9.81. The molecule has 1 saturated carbocycles. The average molecular weight is 259 g/mol. The van der Waals surface area contributed by atoms with E-state index in [0.29, 0.717) is 4.83 Å². The van der Waals surface area contributed by atoms with Crippen molar-refractivity contribution in [3.8, 4) is 0 Å². The first-order valence-corrected chi connectivity index (χ1v) is 6.85. The van der Waals surface area contributed by atoms with Crippen LogP contribution in [0.3, 0.4) is 0 Å². The van der Waals surface area contributed by atoms with Gasteiger partial charge in [-0.05, 0) is 41.1 Å². The number of rotatable bonds is 4. The predicted molar refractivity (Wildman–Crippen MR) is 62.7 cm³/mol. The third kappa shape index (κ3) is 2.81. The standard InChI is InChI=1S/C11H15BrS/c12-11(6-9-2-1-3-9)7-10-4-5-13-8-10/h4-5,8-9,11H,1-3,6-7H2. The Hall–Kier alpha value is 0.180. The molecule has 1 aromatic rings. The SMILES string of the molecule is BrC(Cc1ccsc1)CC1CCC1. The fraction of sp³-hybridized carbons (Fsp3) is 0.636. The maximum atomic E-state index is 3.78. The summed E-state index contributed by atoms with van der Waals surface area (Å²) in [7, 11) is 0. The van der Waals surface area contributed by atoms with Crippen molar-refractivity contribution >= 4 is 27.3 Å². The van der Waals surface area contributed by atoms with Gasteiger partial charge >= 0.3 is 0 Å². The summed E-state index contributed by atoms with van der Waals surface area (Å²) in [4.78, 5) is 0.701. The molecule has 0 nitrogen and oxygen atoms in total. The van der Waals surface area contributed by atoms with Crippen LogP contribution in [0, 0.1) is 5.92 Å². The highest BCUT2D eigenvalue weighted by atomic mass is 79.9. The molecule has 1 fully saturated rings. The van der Waals surface area contributed by atoms with E-state index in [1.807, 2.05) is 0 Å². The molecule has 1 unspecified atom stereocenters. The maximum Gasteiger partial charge on any atom is 0.0189 e. The Morgan fingerprint density at radius 2 is 2.38 bits per heavy atom. The van der Waals surface area contributed by atoms with E-state index in [2.05, 4.69) is 32.8 Å². The van der Waals surface area contributed by atoms with Gasteiger partial charge in [0.1, 0.15) is 0 Å². The van der Waals surface area contributed by atoms with Crippen LogP contribution >= 0.6 is 27.3 Å². The molecule has 1 aliphatic rings. The van der Waals surface area contributed by atoms with E-state index in [-0.39, 0.29) is 0 Å². The van der Waals surface area contributed by atoms with Gasteiger partial charge in [-0.25, -0.2) is 0 Å². The maximum absolute atomic E-state index is 3.78. The fourth-order valence-corrected chi connectivity index (χ4v) is 3.42. The van der Waals surface area contributed by atoms with Crippen LogP contribution in [0.15, 0.2) is 16.8 Å². The van der Waals surface area contributed by atoms with E-state index in [9.17, 15) is 0 Å². The third-order valence-corrected chi connectivity index (χ3v) is 4.28. The van der Waals surface area contributed by atoms with Gasteiger partial charge in [0.2, 0.25) is 0 Å². The van der Waals surface area contributed by atoms with Crippen molar-refractivity contribution in [2.24, 2.45) is 5.92 Å². The van der Waals surface area contributed by atoms with Gasteiger partial charge in [0.05, 0.1) is 0 Å². The van der Waals surface area contributed by atoms with Gasteiger partial charge in [-0.1, -0.05) is 35.2 Å². The minimum atomic E-state index is 0.701. The first kappa shape index (κ1) is 9.72. The fourth-order valence-electron chi connectivity index (χ4n) is 1.84. The second-order valence-corrected chi connectivity index (χ2v) is 6.04. The second-order valence-electron chi connectivity index (χ2n) is 3.97. The minimum Gasteiger partial charge on any atom is -0.152 e. The van der Waals surface area contributed by atoms with E-state index in [4.69, 9.17) is 0 Å². The lowest BCUT2D eigenvalue weighted by Crippen LogP contribution is -2.16. The van der Waals surface area contributed by atoms with E-state index in [1.165, 1.54) is 37.7 Å². The molecule has 1 aromatic heterocycles. The molecule has 2 heteroatoms. The van der Waals surface area contributed by atoms with Gasteiger partial charge in [0.25, 0.3) is 0 Å². The molecule has 72 valence electrons. The number of alkyl halides is 1. The Labute approximate surface area is 92.5 Å². The monoisotopic (exact) mass is 258 g/mol. The minimum absolute atomic E-state index is 0.701. The summed E-state index contributed by atoms with van der Waals surface area (Å²) in [5.41, 5.74) is 1.49. The number of thiophene rings is 1. The quantitative estimate of drug-likeness (QED) is 0.709. The van der Waals surface area contributed by atoms with Crippen LogP contribution in [0.25, 0.3) is 0 Å². The van der Waals surface area contributed by atoms with Crippen molar-refractivity contribution in [3.05, 3.63) is 22.4 Å². The van der Waals surface area contributed by atoms with Crippen LogP contribution in [0.5, 0.6) is 0 Å². The molecule has 1 atom stereocenters. The molecule has 0 radical (unpaired) electrons. The molecule has 2 rings (SSSR count). The molecule has 0 spiro atoms. The number of halogens is 1. The van der Waals surface area contributed by atoms with Gasteiger partial charge < -0.3 is 0 Å². The Morgan fingerprint density at radius 3 is 2.92 bits per heavy atom. The van der Waals surface area contributed by atoms with Crippen molar-refractivity contribution in [2.45, 2.75) is 36.9 Å². The van der Waals surface area contributed by atoms with Crippen molar-refractivity contribution in [1.82, 2.24) is 0 Å². The summed E-state index contributed by atoms with van der Waals surface area (Å²) in [6, 6.07) is 2.24. The smallest absolute Gasteiger partial charge is 0.0189 e. The van der Waals surface area contributed by atoms with Crippen LogP contribution in [-0.4, -0.2) is 4.83 Å². The second kappa shape index (κ2) is 4.61. The van der Waals surface area contributed by atoms with Crippen molar-refractivity contribution in [3.63, 3.8) is 0 Å². The lowest BCUT2D eigenvalue weighted by Gasteiger charge is -2.27. The van der Waals surface area contributed by atoms with Gasteiger partial charge in [-0.2, -0.15) is 11.3 Å². The Balaban J connectivity index is 1.74. The number of hydrogen-bond donors (Lipinski definition) is 0. The highest BCUT2D eigenvalue weighted by molar-refractivity contribution is 9.09. The first-order chi connectivity index (χ1) is 6.34. The molecule has 0 N–H and O–H groups in total. The summed E-state index contributed by atoms with van der Waals surface area (Å²) in [6.45, 7) is 0. The Morgan fingerprint density at radius 1 is 1.54 bits per heavy atom. The van der Waals surface area contributed by atoms with Crippen molar-refractivity contribution < 1.29 is 0 Å². The lowest BCUT2D eigenvalue weighted by molar-refractivity contribution is 0.294. The molecule has 0 aliphatic heterocycles. The van der Waals surface area contributed by atoms with Crippen molar-refractivity contribution in [2.75, 3.05) is 0 Å². The third-order valence-electron chi connectivity index (χ3n) is 2.85. The number of hydrogen-bond acceptors (Lipinski definition) is 1. The Kier molecular flexibility index (Phi) is 3.45. The van der Waals surface area contributed by atoms with E-state index in [1.54, 1.807) is 11.3 Å². The molecule has 0 aromatic carbocycles. The van der Waals surface area contributed by atoms with Crippen LogP contribution in [0.1, 0.15) is 31.2 Å². The van der Waals surface area contributed by atoms with Crippen molar-refractivity contribution in [1.29, 1.82) is 0 Å². The van der Waals surface area contributed by atoms with Crippen LogP contribution in [0.2, 0.25) is 0 Å². The molecular weight excluding hydrogens is 244 g/mol. The molecule has 1 aliphatic carbocycles. The molecule has 0 bridgehead atoms. The summed E-state index contributed by atoms with van der Waals surface area (Å²) < 4.78 is 0. The zero-order valence-electron chi connectivity index (χ0n) is 7.71. The van der Waals surface area contributed by atoms with Gasteiger partial charge in [0.15, 0.2) is 0 Å². The normalized spacial score (nSPS) is 19.8. The zero-order valence-corrected chi connectivity index (χ0v) is 10.1. The predicted octanol–water partition coefficient (Wildman–Crippen LogP) is 4.24. The average Bonchev–Trinajstić information content (AvgIpc) is 2.49. The summed E-state index contributed by atoms with van der Waals surface area (Å²) in [6.07, 6.45) is 6.97. The summed E-state index contributed by atoms with van der Waals surface area (Å²) in [5, 5.41) is 4.42. The van der Waals surface area contributed by atoms with Gasteiger partial charge in [-0.15, -0.1) is 0 Å². The molecular formula is C11H15BrS. The van der Waals surface area contributed by atoms with Crippen LogP contribution < -0.4 is 0 Å². The molecule has 0 amide bonds. The first-order valence-electron chi connectivity index (χ1n) is 5.00. The molecule has 0 saturated heterocycles. The van der Waals surface area contributed by atoms with Crippen LogP contribution in [0.4, 0.5) is 0 Å². The van der Waals surface area contributed by atoms with E-state index in [0.717, 1.165) is 5.92 Å². The molecule has 1 heterocycles. The van der Waals surface area contributed by atoms with E-state index < -0.39 is 0 Å². The highest BCUT2D eigenvalue weighted by Gasteiger charge is 2.20. The Bertz CT molecular complexity index is 239. The van der Waals surface area contributed by atoms with Gasteiger partial charge in [-0.3, -0.25) is 0 Å².